The largest absolute Gasteiger partial charge is 0.383 e. The van der Waals surface area contributed by atoms with Crippen molar-refractivity contribution in [2.24, 2.45) is 5.92 Å². The van der Waals surface area contributed by atoms with Crippen LogP contribution in [0.5, 0.6) is 0 Å². The molecule has 176 valence electrons. The molecule has 1 fully saturated rings. The first-order valence-corrected chi connectivity index (χ1v) is 11.1. The summed E-state index contributed by atoms with van der Waals surface area (Å²) < 4.78 is 7.75. The van der Waals surface area contributed by atoms with Crippen LogP contribution in [0.25, 0.3) is 22.6 Å². The lowest BCUT2D eigenvalue weighted by atomic mass is 10.1. The fraction of sp³-hybridized carbons (Fsp3) is 0.500. The number of aromatic nitrogens is 5. The Kier molecular flexibility index (Phi) is 6.59. The molecule has 2 N–H and O–H groups in total. The molecule has 0 radical (unpaired) electrons. The number of methoxy groups -OCH3 is 1. The molecule has 4 heterocycles. The minimum atomic E-state index is -0.416. The van der Waals surface area contributed by atoms with Gasteiger partial charge in [-0.1, -0.05) is 6.92 Å². The average molecular weight is 456 g/mol. The van der Waals surface area contributed by atoms with Crippen molar-refractivity contribution in [1.29, 1.82) is 0 Å². The van der Waals surface area contributed by atoms with E-state index >= 15 is 0 Å². The van der Waals surface area contributed by atoms with E-state index in [0.717, 1.165) is 13.0 Å². The van der Waals surface area contributed by atoms with Crippen molar-refractivity contribution in [2.45, 2.75) is 32.9 Å². The van der Waals surface area contributed by atoms with Gasteiger partial charge in [-0.2, -0.15) is 0 Å². The number of ether oxygens (including phenoxy) is 1. The molecule has 4 rings (SSSR count). The number of pyridine rings is 1. The van der Waals surface area contributed by atoms with Crippen LogP contribution < -0.4 is 16.6 Å². The van der Waals surface area contributed by atoms with Crippen LogP contribution in [-0.4, -0.2) is 68.7 Å². The third kappa shape index (κ3) is 4.54. The molecule has 0 spiro atoms. The number of anilines is 1. The number of imidazole rings is 1. The van der Waals surface area contributed by atoms with E-state index in [0.29, 0.717) is 42.4 Å². The lowest BCUT2D eigenvalue weighted by molar-refractivity contribution is -0.126. The van der Waals surface area contributed by atoms with Crippen LogP contribution in [0.2, 0.25) is 0 Å². The molecule has 1 atom stereocenters. The summed E-state index contributed by atoms with van der Waals surface area (Å²) in [6.07, 6.45) is 2.93. The number of carbonyl (C=O) groups excluding carboxylic acids is 1. The second kappa shape index (κ2) is 9.57. The molecule has 1 unspecified atom stereocenters. The highest BCUT2D eigenvalue weighted by molar-refractivity contribution is 5.78. The molecular formula is C22H29N7O4. The van der Waals surface area contributed by atoms with Gasteiger partial charge >= 0.3 is 5.69 Å². The van der Waals surface area contributed by atoms with Gasteiger partial charge in [-0.05, 0) is 18.6 Å². The molecule has 0 aromatic carbocycles. The number of carbonyl (C=O) groups is 1. The number of likely N-dealkylation sites (tertiary alicyclic amines) is 1. The van der Waals surface area contributed by atoms with Crippen molar-refractivity contribution in [3.63, 3.8) is 0 Å². The summed E-state index contributed by atoms with van der Waals surface area (Å²) in [5, 5.41) is 3.27. The monoisotopic (exact) mass is 455 g/mol. The topological polar surface area (TPSA) is 127 Å². The number of hydrogen-bond acceptors (Lipinski definition) is 7. The minimum Gasteiger partial charge on any atom is -0.383 e. The van der Waals surface area contributed by atoms with Gasteiger partial charge < -0.3 is 19.9 Å². The number of H-pyrrole nitrogens is 1. The molecule has 1 aliphatic rings. The van der Waals surface area contributed by atoms with Gasteiger partial charge in [0.1, 0.15) is 17.2 Å². The van der Waals surface area contributed by atoms with Gasteiger partial charge in [-0.3, -0.25) is 18.7 Å². The molecule has 1 saturated heterocycles. The maximum absolute atomic E-state index is 12.9. The predicted octanol–water partition coefficient (Wildman–Crippen LogP) is 0.895. The number of fused-ring (bicyclic) bond motifs is 1. The van der Waals surface area contributed by atoms with Gasteiger partial charge in [-0.25, -0.2) is 14.8 Å². The number of nitrogens with zero attached hydrogens (tertiary/aromatic N) is 5. The number of rotatable bonds is 9. The van der Waals surface area contributed by atoms with Crippen LogP contribution in [0, 0.1) is 5.92 Å². The fourth-order valence-corrected chi connectivity index (χ4v) is 4.09. The summed E-state index contributed by atoms with van der Waals surface area (Å²) in [6, 6.07) is 3.68. The Bertz CT molecular complexity index is 1260. The number of amides is 1. The first-order chi connectivity index (χ1) is 15.9. The van der Waals surface area contributed by atoms with E-state index < -0.39 is 11.2 Å². The Labute approximate surface area is 190 Å². The number of aromatic amines is 1. The Morgan fingerprint density at radius 3 is 2.67 bits per heavy atom. The second-order valence-corrected chi connectivity index (χ2v) is 8.33. The first kappa shape index (κ1) is 22.7. The van der Waals surface area contributed by atoms with Gasteiger partial charge in [0.25, 0.3) is 5.56 Å². The molecule has 0 saturated carbocycles. The van der Waals surface area contributed by atoms with Gasteiger partial charge in [0.05, 0.1) is 13.2 Å². The van der Waals surface area contributed by atoms with Crippen molar-refractivity contribution in [3.05, 3.63) is 39.2 Å². The number of aryl methyl sites for hydroxylation is 1. The molecule has 0 bridgehead atoms. The zero-order chi connectivity index (χ0) is 23.5. The summed E-state index contributed by atoms with van der Waals surface area (Å²) in [6.45, 7) is 4.25. The van der Waals surface area contributed by atoms with E-state index in [2.05, 4.69) is 20.3 Å². The Balaban J connectivity index is 1.60. The van der Waals surface area contributed by atoms with Crippen LogP contribution in [0.4, 0.5) is 5.82 Å². The van der Waals surface area contributed by atoms with Crippen molar-refractivity contribution in [1.82, 2.24) is 29.0 Å². The predicted molar refractivity (Wildman–Crippen MR) is 124 cm³/mol. The quantitative estimate of drug-likeness (QED) is 0.491. The molecule has 3 aromatic heterocycles. The van der Waals surface area contributed by atoms with E-state index in [4.69, 9.17) is 4.74 Å². The summed E-state index contributed by atoms with van der Waals surface area (Å²) >= 11 is 0. The van der Waals surface area contributed by atoms with E-state index in [1.807, 2.05) is 26.1 Å². The van der Waals surface area contributed by atoms with Crippen molar-refractivity contribution in [3.8, 4) is 11.4 Å². The lowest BCUT2D eigenvalue weighted by Gasteiger charge is -2.11. The van der Waals surface area contributed by atoms with Crippen LogP contribution in [0.1, 0.15) is 19.8 Å². The van der Waals surface area contributed by atoms with Crippen LogP contribution >= 0.6 is 0 Å². The Morgan fingerprint density at radius 2 is 2.03 bits per heavy atom. The summed E-state index contributed by atoms with van der Waals surface area (Å²) in [7, 11) is 3.34. The zero-order valence-electron chi connectivity index (χ0n) is 19.1. The summed E-state index contributed by atoms with van der Waals surface area (Å²) in [4.78, 5) is 51.3. The third-order valence-corrected chi connectivity index (χ3v) is 5.86. The first-order valence-electron chi connectivity index (χ1n) is 11.1. The SMILES string of the molecule is CCCn1c(=O)n(CCOC)c(=O)c2[nH]c(-c3ccc(NCC4CC(=O)N(C)C4)nc3)nc21. The van der Waals surface area contributed by atoms with Crippen LogP contribution in [-0.2, 0) is 22.6 Å². The standard InChI is InChI=1S/C22H29N7O4/c1-4-7-28-20-18(21(31)29(22(28)32)8-9-33-3)25-19(26-20)15-5-6-16(24-12-15)23-11-14-10-17(30)27(2)13-14/h5-6,12,14H,4,7-11,13H2,1-3H3,(H,23,24)(H,25,26). The molecule has 11 nitrogen and oxygen atoms in total. The highest BCUT2D eigenvalue weighted by Crippen LogP contribution is 2.20. The van der Waals surface area contributed by atoms with Crippen molar-refractivity contribution in [2.75, 3.05) is 39.2 Å². The molecule has 3 aromatic rings. The zero-order valence-corrected chi connectivity index (χ0v) is 19.1. The number of hydrogen-bond donors (Lipinski definition) is 2. The Morgan fingerprint density at radius 1 is 1.21 bits per heavy atom. The highest BCUT2D eigenvalue weighted by atomic mass is 16.5. The third-order valence-electron chi connectivity index (χ3n) is 5.86. The van der Waals surface area contributed by atoms with E-state index in [1.165, 1.54) is 16.2 Å². The maximum Gasteiger partial charge on any atom is 0.332 e. The fourth-order valence-electron chi connectivity index (χ4n) is 4.09. The number of nitrogens with one attached hydrogen (secondary N) is 2. The van der Waals surface area contributed by atoms with Gasteiger partial charge in [-0.15, -0.1) is 0 Å². The molecular weight excluding hydrogens is 426 g/mol. The van der Waals surface area contributed by atoms with Crippen LogP contribution in [0.15, 0.2) is 27.9 Å². The summed E-state index contributed by atoms with van der Waals surface area (Å²) in [5.41, 5.74) is 0.517. The van der Waals surface area contributed by atoms with E-state index in [-0.39, 0.29) is 30.5 Å². The second-order valence-electron chi connectivity index (χ2n) is 8.33. The molecule has 1 amide bonds. The van der Waals surface area contributed by atoms with E-state index in [1.54, 1.807) is 11.1 Å². The van der Waals surface area contributed by atoms with Crippen LogP contribution in [0.3, 0.4) is 0 Å². The molecule has 33 heavy (non-hydrogen) atoms. The van der Waals surface area contributed by atoms with Gasteiger partial charge in [0.2, 0.25) is 5.91 Å². The summed E-state index contributed by atoms with van der Waals surface area (Å²) in [5.74, 6) is 1.59. The highest BCUT2D eigenvalue weighted by Gasteiger charge is 2.26. The molecule has 0 aliphatic carbocycles. The normalized spacial score (nSPS) is 16.2. The molecule has 1 aliphatic heterocycles. The van der Waals surface area contributed by atoms with E-state index in [9.17, 15) is 14.4 Å². The lowest BCUT2D eigenvalue weighted by Crippen LogP contribution is -2.41. The smallest absolute Gasteiger partial charge is 0.332 e. The van der Waals surface area contributed by atoms with Gasteiger partial charge in [0, 0.05) is 57.9 Å². The average Bonchev–Trinajstić information content (AvgIpc) is 3.39. The minimum absolute atomic E-state index is 0.165. The molecule has 11 heteroatoms. The van der Waals surface area contributed by atoms with Crippen molar-refractivity contribution < 1.29 is 9.53 Å². The maximum atomic E-state index is 12.9. The Hall–Kier alpha value is -3.47. The van der Waals surface area contributed by atoms with Gasteiger partial charge in [0.15, 0.2) is 5.65 Å². The van der Waals surface area contributed by atoms with Crippen molar-refractivity contribution >= 4 is 22.9 Å².